The second kappa shape index (κ2) is 5.72. The number of ether oxygens (including phenoxy) is 1. The van der Waals surface area contributed by atoms with Crippen LogP contribution in [0.5, 0.6) is 11.5 Å². The minimum absolute atomic E-state index is 0.200. The lowest BCUT2D eigenvalue weighted by molar-refractivity contribution is 0.146. The molecule has 1 N–H and O–H groups in total. The highest BCUT2D eigenvalue weighted by Gasteiger charge is 2.41. The Bertz CT molecular complexity index is 812. The number of nitrogens with zero attached hydrogens (tertiary/aromatic N) is 1. The first kappa shape index (κ1) is 16.1. The minimum Gasteiger partial charge on any atom is -0.456 e. The molecule has 3 rings (SSSR count). The third kappa shape index (κ3) is 2.90. The summed E-state index contributed by atoms with van der Waals surface area (Å²) in [4.78, 5) is 0.851. The van der Waals surface area contributed by atoms with Gasteiger partial charge in [0.2, 0.25) is 0 Å². The van der Waals surface area contributed by atoms with Crippen LogP contribution < -0.4 is 4.74 Å². The summed E-state index contributed by atoms with van der Waals surface area (Å²) in [5.41, 5.74) is 0.816. The normalized spacial score (nSPS) is 18.3. The molecule has 2 aromatic rings. The molecule has 1 atom stereocenters. The summed E-state index contributed by atoms with van der Waals surface area (Å²) in [7, 11) is 0. The van der Waals surface area contributed by atoms with E-state index in [1.165, 1.54) is 30.0 Å². The largest absolute Gasteiger partial charge is 0.456 e. The smallest absolute Gasteiger partial charge is 0.145 e. The second-order valence-corrected chi connectivity index (χ2v) is 7.91. The Labute approximate surface area is 142 Å². The Morgan fingerprint density at radius 2 is 2.09 bits per heavy atom. The maximum Gasteiger partial charge on any atom is 0.145 e. The quantitative estimate of drug-likeness (QED) is 0.823. The van der Waals surface area contributed by atoms with Gasteiger partial charge in [-0.1, -0.05) is 11.6 Å². The standard InChI is InChI=1S/C17H13ClFNO2S/c1-17(2)16(21)15-12(8-20)13(3-4-14(15)23-17)22-11-6-9(18)5-10(19)7-11/h3-7,16,21H,1-2H3. The van der Waals surface area contributed by atoms with Crippen molar-refractivity contribution in [1.82, 2.24) is 0 Å². The molecule has 0 spiro atoms. The van der Waals surface area contributed by atoms with E-state index < -0.39 is 16.7 Å². The SMILES string of the molecule is CC1(C)Sc2ccc(Oc3cc(F)cc(Cl)c3)c(C#N)c2C1O. The number of fused-ring (bicyclic) bond motifs is 1. The first-order chi connectivity index (χ1) is 10.8. The minimum atomic E-state index is -0.781. The van der Waals surface area contributed by atoms with E-state index in [2.05, 4.69) is 6.07 Å². The van der Waals surface area contributed by atoms with Crippen molar-refractivity contribution in [1.29, 1.82) is 5.26 Å². The lowest BCUT2D eigenvalue weighted by Crippen LogP contribution is -2.20. The lowest BCUT2D eigenvalue weighted by atomic mass is 9.94. The van der Waals surface area contributed by atoms with E-state index in [1.54, 1.807) is 12.1 Å². The van der Waals surface area contributed by atoms with E-state index in [9.17, 15) is 14.8 Å². The zero-order chi connectivity index (χ0) is 16.8. The summed E-state index contributed by atoms with van der Waals surface area (Å²) in [6.07, 6.45) is -0.781. The van der Waals surface area contributed by atoms with E-state index in [4.69, 9.17) is 16.3 Å². The van der Waals surface area contributed by atoms with E-state index in [0.29, 0.717) is 5.56 Å². The first-order valence-electron chi connectivity index (χ1n) is 6.90. The van der Waals surface area contributed by atoms with Crippen LogP contribution in [-0.4, -0.2) is 9.85 Å². The van der Waals surface area contributed by atoms with Crippen LogP contribution in [0.1, 0.15) is 31.1 Å². The van der Waals surface area contributed by atoms with Gasteiger partial charge in [-0.05, 0) is 38.1 Å². The second-order valence-electron chi connectivity index (χ2n) is 5.78. The fourth-order valence-electron chi connectivity index (χ4n) is 2.54. The summed E-state index contributed by atoms with van der Waals surface area (Å²) in [6, 6.07) is 9.37. The van der Waals surface area contributed by atoms with Crippen LogP contribution in [0, 0.1) is 17.1 Å². The number of hydrogen-bond acceptors (Lipinski definition) is 4. The molecule has 0 bridgehead atoms. The van der Waals surface area contributed by atoms with Crippen molar-refractivity contribution in [3.8, 4) is 17.6 Å². The highest BCUT2D eigenvalue weighted by Crippen LogP contribution is 2.54. The van der Waals surface area contributed by atoms with E-state index in [1.807, 2.05) is 13.8 Å². The maximum atomic E-state index is 13.4. The van der Waals surface area contributed by atoms with Gasteiger partial charge >= 0.3 is 0 Å². The third-order valence-corrected chi connectivity index (χ3v) is 5.19. The molecule has 0 saturated carbocycles. The molecular formula is C17H13ClFNO2S. The molecule has 3 nitrogen and oxygen atoms in total. The zero-order valence-corrected chi connectivity index (χ0v) is 14.0. The summed E-state index contributed by atoms with van der Waals surface area (Å²) in [6.45, 7) is 3.83. The van der Waals surface area contributed by atoms with Crippen LogP contribution in [0.25, 0.3) is 0 Å². The van der Waals surface area contributed by atoms with Crippen molar-refractivity contribution < 1.29 is 14.2 Å². The van der Waals surface area contributed by atoms with Crippen LogP contribution in [0.3, 0.4) is 0 Å². The Kier molecular flexibility index (Phi) is 4.01. The first-order valence-corrected chi connectivity index (χ1v) is 8.09. The van der Waals surface area contributed by atoms with Crippen LogP contribution >= 0.6 is 23.4 Å². The van der Waals surface area contributed by atoms with Gasteiger partial charge < -0.3 is 9.84 Å². The molecule has 2 aromatic carbocycles. The Balaban J connectivity index is 2.06. The topological polar surface area (TPSA) is 53.2 Å². The molecule has 0 radical (unpaired) electrons. The van der Waals surface area contributed by atoms with Gasteiger partial charge in [-0.25, -0.2) is 4.39 Å². The Morgan fingerprint density at radius 3 is 2.74 bits per heavy atom. The molecule has 1 unspecified atom stereocenters. The number of benzene rings is 2. The fourth-order valence-corrected chi connectivity index (χ4v) is 4.01. The number of aliphatic hydroxyl groups is 1. The molecule has 1 aliphatic heterocycles. The lowest BCUT2D eigenvalue weighted by Gasteiger charge is -2.21. The number of aliphatic hydroxyl groups excluding tert-OH is 1. The van der Waals surface area contributed by atoms with E-state index >= 15 is 0 Å². The van der Waals surface area contributed by atoms with E-state index in [-0.39, 0.29) is 22.1 Å². The molecule has 6 heteroatoms. The van der Waals surface area contributed by atoms with Crippen LogP contribution in [0.15, 0.2) is 35.2 Å². The maximum absolute atomic E-state index is 13.4. The van der Waals surface area contributed by atoms with Crippen LogP contribution in [0.2, 0.25) is 5.02 Å². The van der Waals surface area contributed by atoms with Gasteiger partial charge in [-0.2, -0.15) is 5.26 Å². The van der Waals surface area contributed by atoms with Crippen molar-refractivity contribution in [2.45, 2.75) is 29.6 Å². The number of halogens is 2. The number of rotatable bonds is 2. The molecule has 1 aliphatic rings. The van der Waals surface area contributed by atoms with Crippen molar-refractivity contribution in [2.24, 2.45) is 0 Å². The average molecular weight is 350 g/mol. The highest BCUT2D eigenvalue weighted by molar-refractivity contribution is 8.01. The van der Waals surface area contributed by atoms with Crippen LogP contribution in [0.4, 0.5) is 4.39 Å². The zero-order valence-electron chi connectivity index (χ0n) is 12.4. The van der Waals surface area contributed by atoms with Gasteiger partial charge in [-0.15, -0.1) is 11.8 Å². The van der Waals surface area contributed by atoms with Gasteiger partial charge in [0.25, 0.3) is 0 Å². The monoisotopic (exact) mass is 349 g/mol. The fraction of sp³-hybridized carbons (Fsp3) is 0.235. The molecule has 0 aromatic heterocycles. The van der Waals surface area contributed by atoms with Crippen molar-refractivity contribution in [3.05, 3.63) is 52.3 Å². The molecule has 23 heavy (non-hydrogen) atoms. The van der Waals surface area contributed by atoms with E-state index in [0.717, 1.165) is 4.90 Å². The van der Waals surface area contributed by atoms with Crippen molar-refractivity contribution in [3.63, 3.8) is 0 Å². The number of nitriles is 1. The molecule has 0 amide bonds. The van der Waals surface area contributed by atoms with Gasteiger partial charge in [0, 0.05) is 26.3 Å². The summed E-state index contributed by atoms with van der Waals surface area (Å²) < 4.78 is 18.6. The Hall–Kier alpha value is -1.74. The predicted octanol–water partition coefficient (Wildman–Crippen LogP) is 5.06. The van der Waals surface area contributed by atoms with Crippen LogP contribution in [-0.2, 0) is 0 Å². The molecular weight excluding hydrogens is 337 g/mol. The molecule has 0 fully saturated rings. The highest BCUT2D eigenvalue weighted by atomic mass is 35.5. The molecule has 118 valence electrons. The molecule has 0 aliphatic carbocycles. The predicted molar refractivity (Wildman–Crippen MR) is 87.5 cm³/mol. The average Bonchev–Trinajstić information content (AvgIpc) is 2.68. The van der Waals surface area contributed by atoms with Gasteiger partial charge in [0.1, 0.15) is 28.9 Å². The van der Waals surface area contributed by atoms with Crippen molar-refractivity contribution >= 4 is 23.4 Å². The molecule has 0 saturated heterocycles. The summed E-state index contributed by atoms with van der Waals surface area (Å²) in [5, 5.41) is 20.2. The van der Waals surface area contributed by atoms with Crippen molar-refractivity contribution in [2.75, 3.05) is 0 Å². The summed E-state index contributed by atoms with van der Waals surface area (Å²) in [5.74, 6) is -0.0555. The molecule has 1 heterocycles. The third-order valence-electron chi connectivity index (χ3n) is 3.65. The summed E-state index contributed by atoms with van der Waals surface area (Å²) >= 11 is 7.33. The Morgan fingerprint density at radius 1 is 1.35 bits per heavy atom. The number of thioether (sulfide) groups is 1. The van der Waals surface area contributed by atoms with Gasteiger partial charge in [0.15, 0.2) is 0 Å². The number of hydrogen-bond donors (Lipinski definition) is 1. The van der Waals surface area contributed by atoms with Gasteiger partial charge in [0.05, 0.1) is 6.10 Å². The van der Waals surface area contributed by atoms with Gasteiger partial charge in [-0.3, -0.25) is 0 Å².